The lowest BCUT2D eigenvalue weighted by Crippen LogP contribution is -2.21. The highest BCUT2D eigenvalue weighted by Gasteiger charge is 2.26. The summed E-state index contributed by atoms with van der Waals surface area (Å²) in [6, 6.07) is 10.8. The van der Waals surface area contributed by atoms with E-state index in [1.54, 1.807) is 31.2 Å². The maximum Gasteiger partial charge on any atom is 0.345 e. The number of hydrogen-bond donors (Lipinski definition) is 1. The van der Waals surface area contributed by atoms with Gasteiger partial charge in [0.05, 0.1) is 37.2 Å². The summed E-state index contributed by atoms with van der Waals surface area (Å²) in [5.41, 5.74) is 0.345. The lowest BCUT2D eigenvalue weighted by atomic mass is 10.1. The van der Waals surface area contributed by atoms with Gasteiger partial charge >= 0.3 is 5.97 Å². The van der Waals surface area contributed by atoms with Crippen molar-refractivity contribution in [3.8, 4) is 17.6 Å². The number of nitrogens with one attached hydrogen (secondary N) is 1. The molecule has 2 rings (SSSR count). The number of amides is 1. The predicted octanol–water partition coefficient (Wildman–Crippen LogP) is 2.86. The Hall–Kier alpha value is -4.13. The zero-order valence-corrected chi connectivity index (χ0v) is 16.3. The monoisotopic (exact) mass is 413 g/mol. The zero-order valence-electron chi connectivity index (χ0n) is 16.3. The van der Waals surface area contributed by atoms with Gasteiger partial charge in [-0.05, 0) is 24.6 Å². The fourth-order valence-corrected chi connectivity index (χ4v) is 2.49. The van der Waals surface area contributed by atoms with Gasteiger partial charge in [-0.25, -0.2) is 4.79 Å². The molecule has 0 aliphatic carbocycles. The molecule has 156 valence electrons. The van der Waals surface area contributed by atoms with Gasteiger partial charge in [0.1, 0.15) is 5.56 Å². The molecule has 0 saturated heterocycles. The van der Waals surface area contributed by atoms with Gasteiger partial charge in [0.15, 0.2) is 18.1 Å². The molecule has 0 bridgehead atoms. The van der Waals surface area contributed by atoms with Crippen LogP contribution in [0.5, 0.6) is 11.5 Å². The first-order valence-corrected chi connectivity index (χ1v) is 8.81. The quantitative estimate of drug-likeness (QED) is 0.376. The standard InChI is InChI=1S/C20H19N3O7/c1-3-29-18-10-15(16(23(26)27)11-17(18)28-2)20(25)30-12-19(24)22-14-6-4-13(5-7-14)8-9-21/h4-7,10-11H,3,8,12H2,1-2H3,(H,22,24). The number of ether oxygens (including phenoxy) is 3. The van der Waals surface area contributed by atoms with Crippen molar-refractivity contribution in [2.75, 3.05) is 25.6 Å². The number of nitrogens with zero attached hydrogens (tertiary/aromatic N) is 2. The molecule has 2 aromatic carbocycles. The highest BCUT2D eigenvalue weighted by molar-refractivity contribution is 5.98. The molecule has 0 aromatic heterocycles. The first kappa shape index (κ1) is 22.2. The van der Waals surface area contributed by atoms with E-state index in [0.29, 0.717) is 5.69 Å². The third kappa shape index (κ3) is 5.68. The van der Waals surface area contributed by atoms with Gasteiger partial charge in [-0.1, -0.05) is 12.1 Å². The van der Waals surface area contributed by atoms with Crippen LogP contribution in [0.4, 0.5) is 11.4 Å². The Morgan fingerprint density at radius 1 is 1.20 bits per heavy atom. The number of carbonyl (C=O) groups excluding carboxylic acids is 2. The molecule has 0 saturated carbocycles. The fourth-order valence-electron chi connectivity index (χ4n) is 2.49. The van der Waals surface area contributed by atoms with E-state index in [1.807, 2.05) is 6.07 Å². The van der Waals surface area contributed by atoms with Crippen LogP contribution in [0.3, 0.4) is 0 Å². The van der Waals surface area contributed by atoms with Crippen LogP contribution in [-0.4, -0.2) is 37.1 Å². The van der Waals surface area contributed by atoms with Crippen LogP contribution in [-0.2, 0) is 16.0 Å². The number of rotatable bonds is 9. The number of methoxy groups -OCH3 is 1. The van der Waals surface area contributed by atoms with Crippen LogP contribution >= 0.6 is 0 Å². The van der Waals surface area contributed by atoms with Crippen LogP contribution in [0.2, 0.25) is 0 Å². The minimum Gasteiger partial charge on any atom is -0.493 e. The molecule has 0 aliphatic rings. The molecule has 10 nitrogen and oxygen atoms in total. The summed E-state index contributed by atoms with van der Waals surface area (Å²) in [6.45, 7) is 1.31. The highest BCUT2D eigenvalue weighted by atomic mass is 16.6. The van der Waals surface area contributed by atoms with Crippen molar-refractivity contribution in [3.63, 3.8) is 0 Å². The third-order valence-corrected chi connectivity index (χ3v) is 3.85. The summed E-state index contributed by atoms with van der Waals surface area (Å²) in [5, 5.41) is 22.5. The van der Waals surface area contributed by atoms with Crippen LogP contribution in [0.15, 0.2) is 36.4 Å². The summed E-state index contributed by atoms with van der Waals surface area (Å²) >= 11 is 0. The zero-order chi connectivity index (χ0) is 22.1. The minimum absolute atomic E-state index is 0.0951. The van der Waals surface area contributed by atoms with E-state index in [1.165, 1.54) is 7.11 Å². The molecule has 30 heavy (non-hydrogen) atoms. The van der Waals surface area contributed by atoms with Crippen LogP contribution in [0, 0.1) is 21.4 Å². The molecule has 1 amide bonds. The first-order chi connectivity index (χ1) is 14.4. The van der Waals surface area contributed by atoms with Crippen molar-refractivity contribution >= 4 is 23.3 Å². The number of nitro benzene ring substituents is 1. The Morgan fingerprint density at radius 2 is 1.90 bits per heavy atom. The van der Waals surface area contributed by atoms with E-state index >= 15 is 0 Å². The number of hydrogen-bond acceptors (Lipinski definition) is 8. The molecule has 0 aliphatic heterocycles. The van der Waals surface area contributed by atoms with E-state index < -0.39 is 29.1 Å². The van der Waals surface area contributed by atoms with Gasteiger partial charge in [-0.2, -0.15) is 5.26 Å². The second kappa shape index (κ2) is 10.4. The maximum atomic E-state index is 12.4. The van der Waals surface area contributed by atoms with E-state index in [4.69, 9.17) is 19.5 Å². The van der Waals surface area contributed by atoms with Crippen molar-refractivity contribution in [1.82, 2.24) is 0 Å². The lowest BCUT2D eigenvalue weighted by Gasteiger charge is -2.12. The summed E-state index contributed by atoms with van der Waals surface area (Å²) in [7, 11) is 1.32. The second-order valence-corrected chi connectivity index (χ2v) is 5.87. The number of benzene rings is 2. The van der Waals surface area contributed by atoms with Crippen molar-refractivity contribution in [3.05, 3.63) is 57.6 Å². The number of nitriles is 1. The van der Waals surface area contributed by atoms with Gasteiger partial charge < -0.3 is 19.5 Å². The van der Waals surface area contributed by atoms with E-state index in [0.717, 1.165) is 17.7 Å². The van der Waals surface area contributed by atoms with Gasteiger partial charge in [-0.15, -0.1) is 0 Å². The molecule has 2 aromatic rings. The summed E-state index contributed by atoms with van der Waals surface area (Å²) in [6.07, 6.45) is 0.246. The third-order valence-electron chi connectivity index (χ3n) is 3.85. The minimum atomic E-state index is -1.05. The second-order valence-electron chi connectivity index (χ2n) is 5.87. The Morgan fingerprint density at radius 3 is 2.47 bits per heavy atom. The smallest absolute Gasteiger partial charge is 0.345 e. The molecular weight excluding hydrogens is 394 g/mol. The molecule has 0 heterocycles. The van der Waals surface area contributed by atoms with Gasteiger partial charge in [0.25, 0.3) is 11.6 Å². The average Bonchev–Trinajstić information content (AvgIpc) is 2.73. The Labute approximate surface area is 172 Å². The van der Waals surface area contributed by atoms with Crippen LogP contribution < -0.4 is 14.8 Å². The van der Waals surface area contributed by atoms with Crippen molar-refractivity contribution in [2.24, 2.45) is 0 Å². The van der Waals surface area contributed by atoms with Crippen LogP contribution in [0.1, 0.15) is 22.8 Å². The van der Waals surface area contributed by atoms with Crippen LogP contribution in [0.25, 0.3) is 0 Å². The Bertz CT molecular complexity index is 981. The topological polar surface area (TPSA) is 141 Å². The number of carbonyl (C=O) groups is 2. The van der Waals surface area contributed by atoms with Gasteiger partial charge in [0, 0.05) is 11.8 Å². The maximum absolute atomic E-state index is 12.4. The molecule has 1 N–H and O–H groups in total. The van der Waals surface area contributed by atoms with E-state index in [-0.39, 0.29) is 30.1 Å². The van der Waals surface area contributed by atoms with Crippen molar-refractivity contribution < 1.29 is 28.7 Å². The van der Waals surface area contributed by atoms with Crippen molar-refractivity contribution in [2.45, 2.75) is 13.3 Å². The highest BCUT2D eigenvalue weighted by Crippen LogP contribution is 2.35. The van der Waals surface area contributed by atoms with E-state index in [2.05, 4.69) is 5.32 Å². The molecule has 0 unspecified atom stereocenters. The molecular formula is C20H19N3O7. The Kier molecular flexibility index (Phi) is 7.70. The molecule has 0 fully saturated rings. The predicted molar refractivity (Wildman–Crippen MR) is 105 cm³/mol. The SMILES string of the molecule is CCOc1cc(C(=O)OCC(=O)Nc2ccc(CC#N)cc2)c([N+](=O)[O-])cc1OC. The van der Waals surface area contributed by atoms with Gasteiger partial charge in [0.2, 0.25) is 0 Å². The first-order valence-electron chi connectivity index (χ1n) is 8.81. The molecule has 10 heteroatoms. The van der Waals surface area contributed by atoms with E-state index in [9.17, 15) is 19.7 Å². The fraction of sp³-hybridized carbons (Fsp3) is 0.250. The summed E-state index contributed by atoms with van der Waals surface area (Å²) < 4.78 is 15.3. The number of esters is 1. The van der Waals surface area contributed by atoms with Crippen molar-refractivity contribution in [1.29, 1.82) is 5.26 Å². The average molecular weight is 413 g/mol. The largest absolute Gasteiger partial charge is 0.493 e. The molecule has 0 spiro atoms. The molecule has 0 atom stereocenters. The number of nitro groups is 1. The summed E-state index contributed by atoms with van der Waals surface area (Å²) in [5.74, 6) is -1.44. The Balaban J connectivity index is 2.09. The lowest BCUT2D eigenvalue weighted by molar-refractivity contribution is -0.385. The van der Waals surface area contributed by atoms with Gasteiger partial charge in [-0.3, -0.25) is 14.9 Å². The molecule has 0 radical (unpaired) electrons. The summed E-state index contributed by atoms with van der Waals surface area (Å²) in [4.78, 5) is 35.0. The normalized spacial score (nSPS) is 9.90. The number of anilines is 1.